The summed E-state index contributed by atoms with van der Waals surface area (Å²) < 4.78 is 0. The zero-order valence-corrected chi connectivity index (χ0v) is 5.97. The number of hydrogen-bond acceptors (Lipinski definition) is 2. The molecule has 0 aliphatic carbocycles. The van der Waals surface area contributed by atoms with Crippen LogP contribution in [0.25, 0.3) is 0 Å². The lowest BCUT2D eigenvalue weighted by Gasteiger charge is -1.89. The van der Waals surface area contributed by atoms with Crippen LogP contribution in [-0.2, 0) is 0 Å². The molecule has 49 valence electrons. The van der Waals surface area contributed by atoms with Crippen LogP contribution >= 0.6 is 0 Å². The van der Waals surface area contributed by atoms with Gasteiger partial charge in [-0.15, -0.1) is 9.80 Å². The van der Waals surface area contributed by atoms with Gasteiger partial charge in [0, 0.05) is 6.20 Å². The Morgan fingerprint density at radius 3 is 2.44 bits per heavy atom. The van der Waals surface area contributed by atoms with Crippen molar-refractivity contribution in [3.63, 3.8) is 0 Å². The molecule has 0 unspecified atom stereocenters. The van der Waals surface area contributed by atoms with Crippen molar-refractivity contribution >= 4 is 0 Å². The maximum Gasteiger partial charge on any atom is 0.568 e. The van der Waals surface area contributed by atoms with Crippen molar-refractivity contribution in [3.8, 4) is 0 Å². The average Bonchev–Trinajstić information content (AvgIpc) is 2.14. The summed E-state index contributed by atoms with van der Waals surface area (Å²) >= 11 is 0. The van der Waals surface area contributed by atoms with Gasteiger partial charge in [0.2, 0.25) is 0 Å². The minimum atomic E-state index is 0. The number of halogens is 1. The van der Waals surface area contributed by atoms with E-state index in [-0.39, 0.29) is 12.4 Å². The second kappa shape index (κ2) is 3.30. The number of hydrogen-bond donors (Lipinski definition) is 0. The number of rotatable bonds is 1. The highest BCUT2D eigenvalue weighted by Crippen LogP contribution is 2.06. The highest BCUT2D eigenvalue weighted by Gasteiger charge is 2.24. The third kappa shape index (κ3) is 1.90. The lowest BCUT2D eigenvalue weighted by atomic mass is 10.8. The van der Waals surface area contributed by atoms with Crippen LogP contribution in [0.2, 0.25) is 0 Å². The summed E-state index contributed by atoms with van der Waals surface area (Å²) in [6.45, 7) is 6.50. The molecular weight excluding hydrogens is 136 g/mol. The van der Waals surface area contributed by atoms with Crippen LogP contribution in [0, 0.1) is 6.67 Å². The molecule has 0 N–H and O–H groups in total. The van der Waals surface area contributed by atoms with Gasteiger partial charge in [0.05, 0.1) is 19.4 Å². The van der Waals surface area contributed by atoms with Gasteiger partial charge in [-0.3, -0.25) is 0 Å². The van der Waals surface area contributed by atoms with Crippen LogP contribution in [0.5, 0.6) is 0 Å². The Bertz CT molecular complexity index is 122. The molecule has 1 aliphatic rings. The smallest absolute Gasteiger partial charge is 0.568 e. The van der Waals surface area contributed by atoms with Crippen molar-refractivity contribution in [2.75, 3.05) is 7.05 Å². The molecule has 0 aromatic rings. The molecule has 0 amide bonds. The van der Waals surface area contributed by atoms with Crippen LogP contribution in [0.1, 0.15) is 0 Å². The summed E-state index contributed by atoms with van der Waals surface area (Å²) in [6, 6.07) is 0. The van der Waals surface area contributed by atoms with Crippen LogP contribution in [-0.4, -0.2) is 16.8 Å². The summed E-state index contributed by atoms with van der Waals surface area (Å²) in [4.78, 5) is 3.60. The molecule has 0 atom stereocenters. The summed E-state index contributed by atoms with van der Waals surface area (Å²) in [5.74, 6) is 0. The Morgan fingerprint density at radius 2 is 2.22 bits per heavy atom. The minimum Gasteiger partial charge on any atom is -1.00 e. The molecule has 0 spiro atoms. The van der Waals surface area contributed by atoms with E-state index >= 15 is 0 Å². The van der Waals surface area contributed by atoms with Crippen LogP contribution in [0.15, 0.2) is 25.2 Å². The second-order valence-corrected chi connectivity index (χ2v) is 1.60. The van der Waals surface area contributed by atoms with Gasteiger partial charge < -0.3 is 12.4 Å². The molecule has 9 heavy (non-hydrogen) atoms. The van der Waals surface area contributed by atoms with E-state index in [0.29, 0.717) is 0 Å². The minimum absolute atomic E-state index is 0. The summed E-state index contributed by atoms with van der Waals surface area (Å²) in [5, 5.41) is 0. The Balaban J connectivity index is 0.000000640. The monoisotopic (exact) mass is 143 g/mol. The van der Waals surface area contributed by atoms with E-state index in [9.17, 15) is 0 Å². The predicted octanol–water partition coefficient (Wildman–Crippen LogP) is -2.15. The molecule has 3 heteroatoms. The average molecular weight is 144 g/mol. The molecule has 1 radical (unpaired) electrons. The van der Waals surface area contributed by atoms with Gasteiger partial charge in [-0.2, -0.15) is 0 Å². The first-order valence-electron chi connectivity index (χ1n) is 2.41. The SMILES string of the molecule is C=CN1[C+]N(C)C=C1.[Cl-]. The van der Waals surface area contributed by atoms with Gasteiger partial charge in [-0.05, 0) is 0 Å². The Hall–Kier alpha value is -0.760. The highest BCUT2D eigenvalue weighted by atomic mass is 35.5. The topological polar surface area (TPSA) is 6.48 Å². The third-order valence-electron chi connectivity index (χ3n) is 0.921. The van der Waals surface area contributed by atoms with E-state index in [1.807, 2.05) is 24.3 Å². The van der Waals surface area contributed by atoms with Gasteiger partial charge in [0.15, 0.2) is 0 Å². The quantitative estimate of drug-likeness (QED) is 0.387. The van der Waals surface area contributed by atoms with E-state index in [4.69, 9.17) is 0 Å². The Morgan fingerprint density at radius 1 is 1.56 bits per heavy atom. The van der Waals surface area contributed by atoms with Gasteiger partial charge in [-0.25, -0.2) is 0 Å². The first kappa shape index (κ1) is 8.24. The van der Waals surface area contributed by atoms with Crippen molar-refractivity contribution in [2.24, 2.45) is 0 Å². The first-order chi connectivity index (χ1) is 3.83. The fourth-order valence-corrected chi connectivity index (χ4v) is 0.522. The van der Waals surface area contributed by atoms with Crippen molar-refractivity contribution in [1.82, 2.24) is 9.80 Å². The van der Waals surface area contributed by atoms with Gasteiger partial charge >= 0.3 is 6.67 Å². The molecular formula is C6H8ClN2. The van der Waals surface area contributed by atoms with Crippen LogP contribution in [0.3, 0.4) is 0 Å². The van der Waals surface area contributed by atoms with Crippen molar-refractivity contribution in [1.29, 1.82) is 0 Å². The first-order valence-corrected chi connectivity index (χ1v) is 2.41. The molecule has 0 aromatic carbocycles. The van der Waals surface area contributed by atoms with Gasteiger partial charge in [-0.1, -0.05) is 6.58 Å². The van der Waals surface area contributed by atoms with E-state index < -0.39 is 0 Å². The Kier molecular flexibility index (Phi) is 3.02. The lowest BCUT2D eigenvalue weighted by molar-refractivity contribution is -0.00000170. The molecule has 1 rings (SSSR count). The summed E-state index contributed by atoms with van der Waals surface area (Å²) in [7, 11) is 1.92. The van der Waals surface area contributed by atoms with Crippen molar-refractivity contribution in [3.05, 3.63) is 31.8 Å². The third-order valence-corrected chi connectivity index (χ3v) is 0.921. The standard InChI is InChI=1S/C6H8N2.ClH/c1-3-8-5-4-7(2)6-8;/h3-5H,1H2,2H3;1H/q+1;/p-1. The van der Waals surface area contributed by atoms with Crippen LogP contribution < -0.4 is 12.4 Å². The second-order valence-electron chi connectivity index (χ2n) is 1.60. The largest absolute Gasteiger partial charge is 1.00 e. The predicted molar refractivity (Wildman–Crippen MR) is 32.2 cm³/mol. The molecule has 1 heterocycles. The van der Waals surface area contributed by atoms with E-state index in [1.54, 1.807) is 11.1 Å². The highest BCUT2D eigenvalue weighted by molar-refractivity contribution is 4.99. The maximum atomic E-state index is 3.56. The van der Waals surface area contributed by atoms with Gasteiger partial charge in [0.25, 0.3) is 0 Å². The van der Waals surface area contributed by atoms with E-state index in [2.05, 4.69) is 13.2 Å². The van der Waals surface area contributed by atoms with Crippen molar-refractivity contribution in [2.45, 2.75) is 0 Å². The maximum absolute atomic E-state index is 3.56. The fourth-order valence-electron chi connectivity index (χ4n) is 0.522. The molecule has 0 aromatic heterocycles. The molecule has 0 saturated carbocycles. The van der Waals surface area contributed by atoms with E-state index in [0.717, 1.165) is 0 Å². The van der Waals surface area contributed by atoms with E-state index in [1.165, 1.54) is 0 Å². The van der Waals surface area contributed by atoms with Crippen LogP contribution in [0.4, 0.5) is 0 Å². The molecule has 0 fully saturated rings. The molecule has 1 aliphatic heterocycles. The Labute approximate surface area is 61.9 Å². The number of nitrogens with zero attached hydrogens (tertiary/aromatic N) is 2. The normalized spacial score (nSPS) is 14.8. The van der Waals surface area contributed by atoms with Gasteiger partial charge in [0.1, 0.15) is 0 Å². The molecule has 0 bridgehead atoms. The zero-order valence-electron chi connectivity index (χ0n) is 5.21. The van der Waals surface area contributed by atoms with Crippen molar-refractivity contribution < 1.29 is 12.4 Å². The summed E-state index contributed by atoms with van der Waals surface area (Å²) in [6.07, 6.45) is 5.48. The fraction of sp³-hybridized carbons (Fsp3) is 0.167. The lowest BCUT2D eigenvalue weighted by Crippen LogP contribution is -3.00. The molecule has 2 nitrogen and oxygen atoms in total. The zero-order chi connectivity index (χ0) is 5.98. The molecule has 0 saturated heterocycles. The summed E-state index contributed by atoms with van der Waals surface area (Å²) in [5.41, 5.74) is 0.